The normalized spacial score (nSPS) is 10.6. The van der Waals surface area contributed by atoms with Crippen LogP contribution in [0, 0.1) is 6.92 Å². The maximum absolute atomic E-state index is 6.19. The molecule has 2 aromatic heterocycles. The fourth-order valence-corrected chi connectivity index (χ4v) is 2.30. The minimum absolute atomic E-state index is 0.568. The number of hydrazine groups is 1. The molecule has 21 heavy (non-hydrogen) atoms. The predicted molar refractivity (Wildman–Crippen MR) is 84.6 cm³/mol. The van der Waals surface area contributed by atoms with E-state index in [0.717, 1.165) is 22.2 Å². The lowest BCUT2D eigenvalue weighted by molar-refractivity contribution is 1.11. The monoisotopic (exact) mass is 300 g/mol. The van der Waals surface area contributed by atoms with Gasteiger partial charge in [0.2, 0.25) is 0 Å². The number of pyridine rings is 1. The smallest absolute Gasteiger partial charge is 0.148 e. The van der Waals surface area contributed by atoms with Gasteiger partial charge in [-0.3, -0.25) is 4.98 Å². The van der Waals surface area contributed by atoms with Gasteiger partial charge >= 0.3 is 0 Å². The van der Waals surface area contributed by atoms with Crippen LogP contribution in [-0.4, -0.2) is 15.0 Å². The Kier molecular flexibility index (Phi) is 3.55. The number of nitrogens with two attached hydrogens (primary N) is 1. The SMILES string of the molecule is Cc1c(NN)ncnc1Nc1ccc(Cl)c2cccnc12. The average Bonchev–Trinajstić information content (AvgIpc) is 2.52. The standard InChI is InChI=1S/C14H13ClN6/c1-8-13(18-7-19-14(8)21-16)20-11-5-4-10(15)9-3-2-6-17-12(9)11/h2-7H,16H2,1H3,(H2,18,19,20,21). The number of aromatic nitrogens is 3. The molecule has 0 atom stereocenters. The summed E-state index contributed by atoms with van der Waals surface area (Å²) in [7, 11) is 0. The van der Waals surface area contributed by atoms with Crippen molar-refractivity contribution in [2.45, 2.75) is 6.92 Å². The number of rotatable bonds is 3. The van der Waals surface area contributed by atoms with Crippen LogP contribution in [0.4, 0.5) is 17.3 Å². The van der Waals surface area contributed by atoms with Crippen molar-refractivity contribution in [3.63, 3.8) is 0 Å². The molecule has 0 aliphatic heterocycles. The summed E-state index contributed by atoms with van der Waals surface area (Å²) in [6, 6.07) is 7.47. The van der Waals surface area contributed by atoms with Gasteiger partial charge < -0.3 is 10.7 Å². The van der Waals surface area contributed by atoms with E-state index in [1.54, 1.807) is 6.20 Å². The maximum Gasteiger partial charge on any atom is 0.148 e. The molecule has 3 rings (SSSR count). The zero-order valence-electron chi connectivity index (χ0n) is 11.3. The first-order chi connectivity index (χ1) is 10.2. The van der Waals surface area contributed by atoms with Crippen LogP contribution < -0.4 is 16.6 Å². The van der Waals surface area contributed by atoms with Gasteiger partial charge in [0.15, 0.2) is 0 Å². The van der Waals surface area contributed by atoms with Crippen LogP contribution in [0.2, 0.25) is 5.02 Å². The van der Waals surface area contributed by atoms with E-state index in [1.165, 1.54) is 6.33 Å². The molecular formula is C14H13ClN6. The van der Waals surface area contributed by atoms with Crippen LogP contribution in [-0.2, 0) is 0 Å². The van der Waals surface area contributed by atoms with Gasteiger partial charge in [-0.2, -0.15) is 0 Å². The predicted octanol–water partition coefficient (Wildman–Crippen LogP) is 3.02. The average molecular weight is 301 g/mol. The summed E-state index contributed by atoms with van der Waals surface area (Å²) in [6.07, 6.45) is 3.17. The number of nitrogen functional groups attached to an aromatic ring is 1. The van der Waals surface area contributed by atoms with Gasteiger partial charge in [0, 0.05) is 17.1 Å². The molecule has 1 aromatic carbocycles. The van der Waals surface area contributed by atoms with E-state index in [0.29, 0.717) is 16.7 Å². The third-order valence-electron chi connectivity index (χ3n) is 3.19. The van der Waals surface area contributed by atoms with Gasteiger partial charge in [-0.05, 0) is 31.2 Å². The lowest BCUT2D eigenvalue weighted by Crippen LogP contribution is -2.11. The van der Waals surface area contributed by atoms with Crippen molar-refractivity contribution in [3.8, 4) is 0 Å². The van der Waals surface area contributed by atoms with Crippen LogP contribution in [0.25, 0.3) is 10.9 Å². The first kappa shape index (κ1) is 13.5. The molecule has 0 amide bonds. The second-order valence-electron chi connectivity index (χ2n) is 4.46. The number of hydrogen-bond acceptors (Lipinski definition) is 6. The Bertz CT molecular complexity index is 805. The molecule has 6 nitrogen and oxygen atoms in total. The molecule has 0 fully saturated rings. The Morgan fingerprint density at radius 2 is 1.90 bits per heavy atom. The highest BCUT2D eigenvalue weighted by Gasteiger charge is 2.10. The van der Waals surface area contributed by atoms with E-state index in [-0.39, 0.29) is 0 Å². The summed E-state index contributed by atoms with van der Waals surface area (Å²) in [4.78, 5) is 12.7. The highest BCUT2D eigenvalue weighted by Crippen LogP contribution is 2.30. The summed E-state index contributed by atoms with van der Waals surface area (Å²) in [6.45, 7) is 1.88. The minimum Gasteiger partial charge on any atom is -0.338 e. The van der Waals surface area contributed by atoms with E-state index in [2.05, 4.69) is 25.7 Å². The maximum atomic E-state index is 6.19. The summed E-state index contributed by atoms with van der Waals surface area (Å²) in [5.41, 5.74) is 4.96. The van der Waals surface area contributed by atoms with Crippen molar-refractivity contribution in [1.82, 2.24) is 15.0 Å². The number of nitrogens with one attached hydrogen (secondary N) is 2. The Labute approximate surface area is 126 Å². The highest BCUT2D eigenvalue weighted by atomic mass is 35.5. The molecule has 0 unspecified atom stereocenters. The molecule has 2 heterocycles. The van der Waals surface area contributed by atoms with Gasteiger partial charge in [-0.25, -0.2) is 15.8 Å². The van der Waals surface area contributed by atoms with Crippen LogP contribution in [0.3, 0.4) is 0 Å². The lowest BCUT2D eigenvalue weighted by Gasteiger charge is -2.12. The van der Waals surface area contributed by atoms with Crippen molar-refractivity contribution in [2.24, 2.45) is 5.84 Å². The van der Waals surface area contributed by atoms with E-state index in [1.807, 2.05) is 31.2 Å². The minimum atomic E-state index is 0.568. The van der Waals surface area contributed by atoms with E-state index in [4.69, 9.17) is 17.4 Å². The zero-order valence-corrected chi connectivity index (χ0v) is 12.0. The molecular weight excluding hydrogens is 288 g/mol. The van der Waals surface area contributed by atoms with Gasteiger partial charge in [0.25, 0.3) is 0 Å². The lowest BCUT2D eigenvalue weighted by atomic mass is 10.2. The second kappa shape index (κ2) is 5.51. The molecule has 0 saturated carbocycles. The Morgan fingerprint density at radius 1 is 1.10 bits per heavy atom. The molecule has 0 aliphatic carbocycles. The largest absolute Gasteiger partial charge is 0.338 e. The summed E-state index contributed by atoms with van der Waals surface area (Å²) >= 11 is 6.19. The number of halogens is 1. The van der Waals surface area contributed by atoms with Crippen LogP contribution in [0.1, 0.15) is 5.56 Å². The zero-order chi connectivity index (χ0) is 14.8. The van der Waals surface area contributed by atoms with E-state index in [9.17, 15) is 0 Å². The van der Waals surface area contributed by atoms with Crippen molar-refractivity contribution in [1.29, 1.82) is 0 Å². The van der Waals surface area contributed by atoms with Crippen LogP contribution >= 0.6 is 11.6 Å². The van der Waals surface area contributed by atoms with Gasteiger partial charge in [0.1, 0.15) is 18.0 Å². The third-order valence-corrected chi connectivity index (χ3v) is 3.52. The molecule has 4 N–H and O–H groups in total. The third kappa shape index (κ3) is 2.46. The van der Waals surface area contributed by atoms with Crippen molar-refractivity contribution < 1.29 is 0 Å². The van der Waals surface area contributed by atoms with Gasteiger partial charge in [0.05, 0.1) is 16.2 Å². The Hall–Kier alpha value is -2.44. The quantitative estimate of drug-likeness (QED) is 0.509. The van der Waals surface area contributed by atoms with Gasteiger partial charge in [-0.15, -0.1) is 0 Å². The molecule has 0 radical (unpaired) electrons. The number of nitrogens with zero attached hydrogens (tertiary/aromatic N) is 3. The fourth-order valence-electron chi connectivity index (χ4n) is 2.09. The molecule has 0 bridgehead atoms. The molecule has 7 heteroatoms. The molecule has 0 aliphatic rings. The molecule has 3 aromatic rings. The summed E-state index contributed by atoms with van der Waals surface area (Å²) < 4.78 is 0. The van der Waals surface area contributed by atoms with Crippen molar-refractivity contribution in [2.75, 3.05) is 10.7 Å². The highest BCUT2D eigenvalue weighted by molar-refractivity contribution is 6.35. The van der Waals surface area contributed by atoms with E-state index >= 15 is 0 Å². The van der Waals surface area contributed by atoms with Crippen molar-refractivity contribution >= 4 is 39.8 Å². The first-order valence-corrected chi connectivity index (χ1v) is 6.67. The number of anilines is 3. The second-order valence-corrected chi connectivity index (χ2v) is 4.87. The topological polar surface area (TPSA) is 88.8 Å². The fraction of sp³-hybridized carbons (Fsp3) is 0.0714. The van der Waals surface area contributed by atoms with Crippen molar-refractivity contribution in [3.05, 3.63) is 47.4 Å². The van der Waals surface area contributed by atoms with E-state index < -0.39 is 0 Å². The Morgan fingerprint density at radius 3 is 2.71 bits per heavy atom. The molecule has 106 valence electrons. The van der Waals surface area contributed by atoms with Crippen LogP contribution in [0.5, 0.6) is 0 Å². The number of hydrogen-bond donors (Lipinski definition) is 3. The molecule has 0 spiro atoms. The first-order valence-electron chi connectivity index (χ1n) is 6.29. The summed E-state index contributed by atoms with van der Waals surface area (Å²) in [5.74, 6) is 6.65. The molecule has 0 saturated heterocycles. The van der Waals surface area contributed by atoms with Crippen LogP contribution in [0.15, 0.2) is 36.8 Å². The number of benzene rings is 1. The Balaban J connectivity index is 2.09. The summed E-state index contributed by atoms with van der Waals surface area (Å²) in [5, 5.41) is 4.79. The van der Waals surface area contributed by atoms with Gasteiger partial charge in [-0.1, -0.05) is 11.6 Å². The number of fused-ring (bicyclic) bond motifs is 1.